The molecule has 3 nitrogen and oxygen atoms in total. The first-order valence-electron chi connectivity index (χ1n) is 4.63. The molecular weight excluding hydrogens is 315 g/mol. The van der Waals surface area contributed by atoms with Gasteiger partial charge in [-0.05, 0) is 12.1 Å². The van der Waals surface area contributed by atoms with E-state index in [1.165, 1.54) is 7.11 Å². The van der Waals surface area contributed by atoms with Crippen LogP contribution in [0.5, 0.6) is 5.75 Å². The van der Waals surface area contributed by atoms with Gasteiger partial charge in [0.25, 0.3) is 0 Å². The van der Waals surface area contributed by atoms with Crippen LogP contribution >= 0.6 is 15.9 Å². The van der Waals surface area contributed by atoms with Crippen LogP contribution in [0.15, 0.2) is 12.1 Å². The van der Waals surface area contributed by atoms with Crippen LogP contribution in [0.1, 0.15) is 21.5 Å². The predicted octanol–water partition coefficient (Wildman–Crippen LogP) is 3.16. The molecule has 0 amide bonds. The Morgan fingerprint density at radius 3 is 2.50 bits per heavy atom. The van der Waals surface area contributed by atoms with Gasteiger partial charge >= 0.3 is 6.18 Å². The molecular formula is C11H7BrF3NO2. The number of halogens is 4. The van der Waals surface area contributed by atoms with Crippen LogP contribution in [-0.4, -0.2) is 18.2 Å². The minimum atomic E-state index is -4.63. The van der Waals surface area contributed by atoms with Crippen molar-refractivity contribution in [1.82, 2.24) is 0 Å². The maximum atomic E-state index is 12.6. The molecule has 0 heterocycles. The van der Waals surface area contributed by atoms with E-state index in [0.717, 1.165) is 0 Å². The normalized spacial score (nSPS) is 10.9. The molecule has 0 bridgehead atoms. The van der Waals surface area contributed by atoms with Gasteiger partial charge in [0.15, 0.2) is 5.78 Å². The average Bonchev–Trinajstić information content (AvgIpc) is 2.34. The van der Waals surface area contributed by atoms with E-state index in [1.807, 2.05) is 0 Å². The van der Waals surface area contributed by atoms with E-state index in [-0.39, 0.29) is 22.2 Å². The van der Waals surface area contributed by atoms with Crippen molar-refractivity contribution < 1.29 is 22.7 Å². The zero-order valence-corrected chi connectivity index (χ0v) is 10.7. The Bertz CT molecular complexity index is 520. The molecule has 96 valence electrons. The molecule has 0 fully saturated rings. The van der Waals surface area contributed by atoms with E-state index in [0.29, 0.717) is 12.1 Å². The van der Waals surface area contributed by atoms with Crippen LogP contribution in [0, 0.1) is 11.3 Å². The quantitative estimate of drug-likeness (QED) is 0.634. The largest absolute Gasteiger partial charge is 0.495 e. The van der Waals surface area contributed by atoms with Gasteiger partial charge in [0.2, 0.25) is 0 Å². The molecule has 0 aliphatic rings. The maximum absolute atomic E-state index is 12.6. The molecule has 0 atom stereocenters. The number of hydrogen-bond donors (Lipinski definition) is 0. The number of nitrogens with zero attached hydrogens (tertiary/aromatic N) is 1. The molecule has 0 spiro atoms. The summed E-state index contributed by atoms with van der Waals surface area (Å²) in [6.45, 7) is 0. The summed E-state index contributed by atoms with van der Waals surface area (Å²) >= 11 is 2.87. The third-order valence-electron chi connectivity index (χ3n) is 2.16. The number of hydrogen-bond acceptors (Lipinski definition) is 3. The second-order valence-electron chi connectivity index (χ2n) is 3.27. The SMILES string of the molecule is COc1c(C#N)cc(C(F)(F)F)cc1C(=O)CBr. The highest BCUT2D eigenvalue weighted by molar-refractivity contribution is 9.09. The topological polar surface area (TPSA) is 50.1 Å². The Balaban J connectivity index is 3.57. The van der Waals surface area contributed by atoms with E-state index in [4.69, 9.17) is 10.00 Å². The van der Waals surface area contributed by atoms with Crippen LogP contribution in [0.3, 0.4) is 0 Å². The molecule has 0 saturated heterocycles. The number of benzene rings is 1. The molecule has 0 radical (unpaired) electrons. The second kappa shape index (κ2) is 5.40. The van der Waals surface area contributed by atoms with Gasteiger partial charge in [0.05, 0.1) is 29.1 Å². The lowest BCUT2D eigenvalue weighted by atomic mass is 10.0. The molecule has 1 aromatic carbocycles. The predicted molar refractivity (Wildman–Crippen MR) is 60.8 cm³/mol. The van der Waals surface area contributed by atoms with Crippen molar-refractivity contribution in [2.45, 2.75) is 6.18 Å². The number of carbonyl (C=O) groups is 1. The highest BCUT2D eigenvalue weighted by Crippen LogP contribution is 2.35. The molecule has 0 aliphatic carbocycles. The van der Waals surface area contributed by atoms with E-state index in [9.17, 15) is 18.0 Å². The summed E-state index contributed by atoms with van der Waals surface area (Å²) in [6.07, 6.45) is -4.63. The van der Waals surface area contributed by atoms with Gasteiger partial charge in [-0.15, -0.1) is 0 Å². The Kier molecular flexibility index (Phi) is 4.35. The summed E-state index contributed by atoms with van der Waals surface area (Å²) in [7, 11) is 1.19. The minimum Gasteiger partial charge on any atom is -0.495 e. The zero-order valence-electron chi connectivity index (χ0n) is 9.14. The zero-order chi connectivity index (χ0) is 13.9. The van der Waals surface area contributed by atoms with Crippen molar-refractivity contribution >= 4 is 21.7 Å². The number of ketones is 1. The van der Waals surface area contributed by atoms with Crippen molar-refractivity contribution in [3.8, 4) is 11.8 Å². The van der Waals surface area contributed by atoms with E-state index >= 15 is 0 Å². The Labute approximate surface area is 109 Å². The lowest BCUT2D eigenvalue weighted by molar-refractivity contribution is -0.137. The van der Waals surface area contributed by atoms with Crippen LogP contribution in [0.2, 0.25) is 0 Å². The highest BCUT2D eigenvalue weighted by atomic mass is 79.9. The molecule has 0 aliphatic heterocycles. The fraction of sp³-hybridized carbons (Fsp3) is 0.273. The molecule has 7 heteroatoms. The van der Waals surface area contributed by atoms with E-state index in [2.05, 4.69) is 15.9 Å². The summed E-state index contributed by atoms with van der Waals surface area (Å²) in [5.41, 5.74) is -1.64. The molecule has 18 heavy (non-hydrogen) atoms. The number of methoxy groups -OCH3 is 1. The molecule has 1 aromatic rings. The molecule has 1 rings (SSSR count). The second-order valence-corrected chi connectivity index (χ2v) is 3.83. The summed E-state index contributed by atoms with van der Waals surface area (Å²) in [6, 6.07) is 2.93. The van der Waals surface area contributed by atoms with Gasteiger partial charge in [0.1, 0.15) is 11.8 Å². The molecule has 0 saturated carbocycles. The van der Waals surface area contributed by atoms with Crippen molar-refractivity contribution in [1.29, 1.82) is 5.26 Å². The van der Waals surface area contributed by atoms with Gasteiger partial charge in [-0.25, -0.2) is 0 Å². The van der Waals surface area contributed by atoms with Crippen LogP contribution < -0.4 is 4.74 Å². The Hall–Kier alpha value is -1.55. The van der Waals surface area contributed by atoms with Gasteiger partial charge < -0.3 is 4.74 Å². The Morgan fingerprint density at radius 2 is 2.11 bits per heavy atom. The van der Waals surface area contributed by atoms with Gasteiger partial charge in [-0.3, -0.25) is 4.79 Å². The smallest absolute Gasteiger partial charge is 0.416 e. The number of alkyl halides is 4. The van der Waals surface area contributed by atoms with Crippen molar-refractivity contribution in [3.05, 3.63) is 28.8 Å². The first kappa shape index (κ1) is 14.5. The fourth-order valence-corrected chi connectivity index (χ4v) is 1.68. The van der Waals surface area contributed by atoms with Crippen molar-refractivity contribution in [2.75, 3.05) is 12.4 Å². The first-order valence-corrected chi connectivity index (χ1v) is 5.75. The number of ether oxygens (including phenoxy) is 1. The van der Waals surface area contributed by atoms with Crippen LogP contribution in [0.25, 0.3) is 0 Å². The summed E-state index contributed by atoms with van der Waals surface area (Å²) in [5.74, 6) is -0.732. The Morgan fingerprint density at radius 1 is 1.50 bits per heavy atom. The van der Waals surface area contributed by atoms with E-state index in [1.54, 1.807) is 6.07 Å². The molecule has 0 N–H and O–H groups in total. The molecule has 0 unspecified atom stereocenters. The van der Waals surface area contributed by atoms with Gasteiger partial charge in [0, 0.05) is 0 Å². The fourth-order valence-electron chi connectivity index (χ4n) is 1.37. The third-order valence-corrected chi connectivity index (χ3v) is 2.67. The molecule has 0 aromatic heterocycles. The number of nitriles is 1. The van der Waals surface area contributed by atoms with Gasteiger partial charge in [-0.1, -0.05) is 15.9 Å². The summed E-state index contributed by atoms with van der Waals surface area (Å²) < 4.78 is 42.7. The monoisotopic (exact) mass is 321 g/mol. The average molecular weight is 322 g/mol. The number of Topliss-reactive ketones (excluding diaryl/α,β-unsaturated/α-hetero) is 1. The van der Waals surface area contributed by atoms with Crippen LogP contribution in [0.4, 0.5) is 13.2 Å². The van der Waals surface area contributed by atoms with Crippen LogP contribution in [-0.2, 0) is 6.18 Å². The lowest BCUT2D eigenvalue weighted by Gasteiger charge is -2.13. The number of carbonyl (C=O) groups excluding carboxylic acids is 1. The van der Waals surface area contributed by atoms with E-state index < -0.39 is 17.5 Å². The lowest BCUT2D eigenvalue weighted by Crippen LogP contribution is -2.11. The third kappa shape index (κ3) is 2.82. The maximum Gasteiger partial charge on any atom is 0.416 e. The summed E-state index contributed by atoms with van der Waals surface area (Å²) in [4.78, 5) is 11.5. The summed E-state index contributed by atoms with van der Waals surface area (Å²) in [5, 5.41) is 8.64. The highest BCUT2D eigenvalue weighted by Gasteiger charge is 2.33. The van der Waals surface area contributed by atoms with Gasteiger partial charge in [-0.2, -0.15) is 18.4 Å². The van der Waals surface area contributed by atoms with Crippen molar-refractivity contribution in [3.63, 3.8) is 0 Å². The number of rotatable bonds is 3. The van der Waals surface area contributed by atoms with Crippen molar-refractivity contribution in [2.24, 2.45) is 0 Å². The standard InChI is InChI=1S/C11H7BrF3NO2/c1-18-10-6(5-16)2-7(11(13,14)15)3-8(10)9(17)4-12/h2-3H,4H2,1H3. The minimum absolute atomic E-state index is 0.144. The first-order chi connectivity index (χ1) is 8.35.